The van der Waals surface area contributed by atoms with Crippen LogP contribution in [0.1, 0.15) is 29.9 Å². The zero-order valence-corrected chi connectivity index (χ0v) is 20.9. The van der Waals surface area contributed by atoms with Crippen LogP contribution in [0.25, 0.3) is 0 Å². The Balaban J connectivity index is 0.00000456. The van der Waals surface area contributed by atoms with E-state index in [9.17, 15) is 31.5 Å². The number of piperidine rings is 1. The fraction of sp³-hybridized carbons (Fsp3) is 0.364. The summed E-state index contributed by atoms with van der Waals surface area (Å²) in [4.78, 5) is 18.3. The maximum absolute atomic E-state index is 13.9. The quantitative estimate of drug-likeness (QED) is 0.207. The summed E-state index contributed by atoms with van der Waals surface area (Å²) in [6, 6.07) is 9.63. The number of hydrogen-bond acceptors (Lipinski definition) is 5. The van der Waals surface area contributed by atoms with Gasteiger partial charge in [0.2, 0.25) is 6.54 Å². The molecule has 0 aromatic heterocycles. The largest absolute Gasteiger partial charge is 0.477 e. The van der Waals surface area contributed by atoms with E-state index in [1.165, 1.54) is 30.3 Å². The number of carbonyl (C=O) groups is 1. The Morgan fingerprint density at radius 1 is 1.19 bits per heavy atom. The van der Waals surface area contributed by atoms with Crippen molar-refractivity contribution >= 4 is 40.0 Å². The highest BCUT2D eigenvalue weighted by molar-refractivity contribution is 7.90. The predicted molar refractivity (Wildman–Crippen MR) is 129 cm³/mol. The molecule has 1 aliphatic heterocycles. The summed E-state index contributed by atoms with van der Waals surface area (Å²) in [5.41, 5.74) is 4.11. The van der Waals surface area contributed by atoms with Crippen LogP contribution in [0.2, 0.25) is 0 Å². The molecule has 198 valence electrons. The van der Waals surface area contributed by atoms with Gasteiger partial charge >= 0.3 is 22.2 Å². The van der Waals surface area contributed by atoms with Gasteiger partial charge in [-0.15, -0.1) is 12.4 Å². The van der Waals surface area contributed by atoms with Crippen molar-refractivity contribution in [1.82, 2.24) is 8.95 Å². The molecule has 0 spiro atoms. The van der Waals surface area contributed by atoms with Gasteiger partial charge in [0.15, 0.2) is 11.6 Å². The van der Waals surface area contributed by atoms with Gasteiger partial charge in [0, 0.05) is 25.2 Å². The summed E-state index contributed by atoms with van der Waals surface area (Å²) >= 11 is 0. The van der Waals surface area contributed by atoms with Crippen LogP contribution in [-0.2, 0) is 25.8 Å². The minimum absolute atomic E-state index is 0. The molecule has 3 rings (SSSR count). The summed E-state index contributed by atoms with van der Waals surface area (Å²) in [5, 5.41) is 17.1. The SMILES string of the molecule is CO[N+](CC(=O)O)(c1cc(C2CCN(C(=N)N)CC2)cc(C(F)(F)F)c1)S(=O)(=O)c1ccccc1.Cl. The Hall–Kier alpha value is -2.87. The first kappa shape index (κ1) is 29.4. The number of nitrogens with one attached hydrogen (secondary N) is 1. The van der Waals surface area contributed by atoms with Crippen LogP contribution in [0.3, 0.4) is 0 Å². The standard InChI is InChI=1S/C22H25F3N4O5S.ClH/c1-34-29(14-20(30)31,35(32,33)19-5-3-2-4-6-19)18-12-16(11-17(13-18)22(23,24)25)15-7-9-28(10-8-15)21(26)27;/h2-6,11-13,15H,7-10,14H2,1H3,(H3-,26,27,30,31);1H/p+1. The van der Waals surface area contributed by atoms with Gasteiger partial charge in [-0.3, -0.25) is 5.41 Å². The number of sulfonamides is 1. The number of hydrogen-bond donors (Lipinski definition) is 3. The van der Waals surface area contributed by atoms with Crippen molar-refractivity contribution in [2.75, 3.05) is 26.7 Å². The number of carboxylic acids is 1. The molecule has 1 heterocycles. The first-order valence-corrected chi connectivity index (χ1v) is 12.0. The lowest BCUT2D eigenvalue weighted by Gasteiger charge is -2.34. The number of nitrogens with zero attached hydrogens (tertiary/aromatic N) is 2. The second-order valence-electron chi connectivity index (χ2n) is 8.15. The molecule has 0 radical (unpaired) electrons. The maximum atomic E-state index is 13.9. The van der Waals surface area contributed by atoms with E-state index in [-0.39, 0.29) is 28.8 Å². The molecule has 1 saturated heterocycles. The van der Waals surface area contributed by atoms with E-state index in [0.29, 0.717) is 32.0 Å². The number of likely N-dealkylation sites (tertiary alicyclic amines) is 1. The van der Waals surface area contributed by atoms with Crippen molar-refractivity contribution in [2.45, 2.75) is 29.8 Å². The average Bonchev–Trinajstić information content (AvgIpc) is 2.82. The third-order valence-electron chi connectivity index (χ3n) is 6.04. The number of nitrogens with two attached hydrogens (primary N) is 1. The molecule has 9 nitrogen and oxygen atoms in total. The molecule has 2 aromatic carbocycles. The average molecular weight is 552 g/mol. The van der Waals surface area contributed by atoms with Crippen molar-refractivity contribution in [2.24, 2.45) is 5.73 Å². The van der Waals surface area contributed by atoms with Gasteiger partial charge in [-0.1, -0.05) is 18.2 Å². The van der Waals surface area contributed by atoms with Crippen LogP contribution in [-0.4, -0.2) is 57.1 Å². The molecule has 0 saturated carbocycles. The van der Waals surface area contributed by atoms with Crippen LogP contribution in [0.15, 0.2) is 53.4 Å². The molecule has 1 aliphatic rings. The molecule has 36 heavy (non-hydrogen) atoms. The van der Waals surface area contributed by atoms with E-state index in [1.54, 1.807) is 11.0 Å². The van der Waals surface area contributed by atoms with Gasteiger partial charge < -0.3 is 15.7 Å². The van der Waals surface area contributed by atoms with E-state index in [0.717, 1.165) is 13.2 Å². The topological polar surface area (TPSA) is 134 Å². The second kappa shape index (κ2) is 11.0. The number of aliphatic carboxylic acids is 1. The lowest BCUT2D eigenvalue weighted by atomic mass is 9.88. The Morgan fingerprint density at radius 3 is 2.25 bits per heavy atom. The minimum Gasteiger partial charge on any atom is -0.477 e. The number of rotatable bonds is 7. The number of benzene rings is 2. The Kier molecular flexibility index (Phi) is 9.00. The van der Waals surface area contributed by atoms with Gasteiger partial charge in [0.05, 0.1) is 12.7 Å². The Morgan fingerprint density at radius 2 is 1.78 bits per heavy atom. The zero-order chi connectivity index (χ0) is 26.0. The Bertz CT molecular complexity index is 1210. The fourth-order valence-electron chi connectivity index (χ4n) is 4.21. The molecule has 0 amide bonds. The highest BCUT2D eigenvalue weighted by atomic mass is 35.5. The molecule has 1 unspecified atom stereocenters. The van der Waals surface area contributed by atoms with E-state index < -0.39 is 49.9 Å². The molecule has 0 aliphatic carbocycles. The first-order valence-electron chi connectivity index (χ1n) is 10.6. The molecule has 1 fully saturated rings. The van der Waals surface area contributed by atoms with Crippen LogP contribution in [0, 0.1) is 5.41 Å². The van der Waals surface area contributed by atoms with Gasteiger partial charge in [0.25, 0.3) is 0 Å². The molecule has 14 heteroatoms. The molecule has 2 aromatic rings. The summed E-state index contributed by atoms with van der Waals surface area (Å²) in [7, 11) is -3.74. The third-order valence-corrected chi connectivity index (χ3v) is 8.17. The monoisotopic (exact) mass is 551 g/mol. The highest BCUT2D eigenvalue weighted by Gasteiger charge is 2.51. The van der Waals surface area contributed by atoms with Crippen LogP contribution in [0.4, 0.5) is 18.9 Å². The normalized spacial score (nSPS) is 16.6. The van der Waals surface area contributed by atoms with Gasteiger partial charge in [-0.25, -0.2) is 4.79 Å². The number of alkyl halides is 3. The van der Waals surface area contributed by atoms with E-state index in [2.05, 4.69) is 0 Å². The second-order valence-corrected chi connectivity index (χ2v) is 10.2. The molecular weight excluding hydrogens is 525 g/mol. The molecule has 0 bridgehead atoms. The van der Waals surface area contributed by atoms with Crippen LogP contribution in [0.5, 0.6) is 0 Å². The minimum atomic E-state index is -4.83. The molecular formula is C22H27ClF3N4O5S+. The van der Waals surface area contributed by atoms with Crippen molar-refractivity contribution in [1.29, 1.82) is 5.41 Å². The fourth-order valence-corrected chi connectivity index (χ4v) is 5.91. The highest BCUT2D eigenvalue weighted by Crippen LogP contribution is 2.41. The Labute approximate surface area is 212 Å². The van der Waals surface area contributed by atoms with Crippen molar-refractivity contribution in [3.63, 3.8) is 0 Å². The van der Waals surface area contributed by atoms with Crippen molar-refractivity contribution < 1.29 is 36.3 Å². The smallest absolute Gasteiger partial charge is 0.416 e. The summed E-state index contributed by atoms with van der Waals surface area (Å²) in [6.45, 7) is -0.488. The van der Waals surface area contributed by atoms with Crippen LogP contribution < -0.4 is 9.79 Å². The van der Waals surface area contributed by atoms with Gasteiger partial charge in [-0.2, -0.15) is 26.4 Å². The predicted octanol–water partition coefficient (Wildman–Crippen LogP) is 3.54. The van der Waals surface area contributed by atoms with E-state index in [4.69, 9.17) is 16.0 Å². The lowest BCUT2D eigenvalue weighted by molar-refractivity contribution is -0.144. The van der Waals surface area contributed by atoms with Crippen LogP contribution >= 0.6 is 12.4 Å². The number of guanidine groups is 1. The van der Waals surface area contributed by atoms with Crippen molar-refractivity contribution in [3.05, 3.63) is 59.7 Å². The number of carboxylic acid groups (broad SMARTS) is 1. The number of halogens is 4. The van der Waals surface area contributed by atoms with Crippen molar-refractivity contribution in [3.8, 4) is 0 Å². The van der Waals surface area contributed by atoms with E-state index >= 15 is 0 Å². The maximum Gasteiger partial charge on any atom is 0.416 e. The summed E-state index contributed by atoms with van der Waals surface area (Å²) in [5.74, 6) is -2.12. The molecule has 1 atom stereocenters. The zero-order valence-electron chi connectivity index (χ0n) is 19.2. The number of quaternary nitrogens is 1. The van der Waals surface area contributed by atoms with Gasteiger partial charge in [-0.05, 0) is 46.6 Å². The summed E-state index contributed by atoms with van der Waals surface area (Å²) in [6.07, 6.45) is -4.08. The van der Waals surface area contributed by atoms with Gasteiger partial charge in [0.1, 0.15) is 4.90 Å². The first-order chi connectivity index (χ1) is 16.3. The molecule has 4 N–H and O–H groups in total. The third kappa shape index (κ3) is 5.75. The number of hydroxylamine groups is 1. The summed E-state index contributed by atoms with van der Waals surface area (Å²) < 4.78 is 67.3. The van der Waals surface area contributed by atoms with E-state index in [1.807, 2.05) is 0 Å². The lowest BCUT2D eigenvalue weighted by Crippen LogP contribution is -2.56.